The molecule has 2 unspecified atom stereocenters. The number of aryl methyl sites for hydroxylation is 1. The lowest BCUT2D eigenvalue weighted by Gasteiger charge is -2.28. The monoisotopic (exact) mass is 899 g/mol. The number of nitrogens with zero attached hydrogens (tertiary/aromatic N) is 5. The van der Waals surface area contributed by atoms with Gasteiger partial charge < -0.3 is 33.7 Å². The zero-order valence-electron chi connectivity index (χ0n) is 36.9. The molecule has 3 aromatic rings. The van der Waals surface area contributed by atoms with Crippen LogP contribution in [-0.4, -0.2) is 95.6 Å². The summed E-state index contributed by atoms with van der Waals surface area (Å²) in [6, 6.07) is 15.4. The minimum Gasteiger partial charge on any atom is -0.394 e. The van der Waals surface area contributed by atoms with Crippen molar-refractivity contribution >= 4 is 38.5 Å². The molecule has 2 amide bonds. The quantitative estimate of drug-likeness (QED) is 0.0540. The van der Waals surface area contributed by atoms with Crippen LogP contribution in [0.4, 0.5) is 5.69 Å². The highest BCUT2D eigenvalue weighted by molar-refractivity contribution is 7.53. The van der Waals surface area contributed by atoms with Crippen LogP contribution in [0.25, 0.3) is 22.5 Å². The summed E-state index contributed by atoms with van der Waals surface area (Å²) in [5.41, 5.74) is 4.22. The summed E-state index contributed by atoms with van der Waals surface area (Å²) in [6.45, 7) is 7.83. The molecule has 15 nitrogen and oxygen atoms in total. The molecule has 1 saturated heterocycles. The van der Waals surface area contributed by atoms with E-state index in [2.05, 4.69) is 16.4 Å². The number of hydrogen-bond donors (Lipinski definition) is 3. The maximum absolute atomic E-state index is 14.0. The number of carbonyl (C=O) groups is 3. The van der Waals surface area contributed by atoms with E-state index in [-0.39, 0.29) is 37.4 Å². The Balaban J connectivity index is 1.05. The summed E-state index contributed by atoms with van der Waals surface area (Å²) >= 11 is 0. The SMILES string of the molecule is CC(C)P(=O)(O)OCCCCCCn1nnc2c1-c1ccccc1CN(C(=O)CCCCC(=O)CCCCCCC(=O)N1C[C@H](OP(=O)(O)C(C)C)C[C@H]1CO)c1ccccc1-2. The Morgan fingerprint density at radius 3 is 2.06 bits per heavy atom. The minimum absolute atomic E-state index is 0.0220. The predicted octanol–water partition coefficient (Wildman–Crippen LogP) is 8.67. The molecule has 1 aromatic heterocycles. The summed E-state index contributed by atoms with van der Waals surface area (Å²) in [5.74, 6) is 0.0361. The first-order chi connectivity index (χ1) is 29.6. The molecule has 0 radical (unpaired) electrons. The van der Waals surface area contributed by atoms with E-state index in [9.17, 15) is 38.4 Å². The summed E-state index contributed by atoms with van der Waals surface area (Å²) in [4.78, 5) is 63.0. The highest BCUT2D eigenvalue weighted by atomic mass is 31.2. The fraction of sp³-hybridized carbons (Fsp3) is 0.622. The highest BCUT2D eigenvalue weighted by Crippen LogP contribution is 2.50. The lowest BCUT2D eigenvalue weighted by atomic mass is 9.95. The number of carbonyl (C=O) groups excluding carboxylic acids is 3. The molecule has 1 fully saturated rings. The van der Waals surface area contributed by atoms with Gasteiger partial charge in [-0.1, -0.05) is 101 Å². The van der Waals surface area contributed by atoms with Gasteiger partial charge in [0.05, 0.1) is 54.6 Å². The molecule has 0 spiro atoms. The van der Waals surface area contributed by atoms with Crippen molar-refractivity contribution in [3.05, 3.63) is 54.1 Å². The van der Waals surface area contributed by atoms with Crippen molar-refractivity contribution in [2.45, 2.75) is 161 Å². The average molecular weight is 900 g/mol. The van der Waals surface area contributed by atoms with Crippen LogP contribution in [0.2, 0.25) is 0 Å². The number of hydrogen-bond acceptors (Lipinski definition) is 10. The zero-order chi connectivity index (χ0) is 44.9. The Morgan fingerprint density at radius 2 is 1.35 bits per heavy atom. The lowest BCUT2D eigenvalue weighted by molar-refractivity contribution is -0.133. The molecule has 2 aliphatic rings. The smallest absolute Gasteiger partial charge is 0.330 e. The first-order valence-electron chi connectivity index (χ1n) is 22.4. The van der Waals surface area contributed by atoms with Crippen LogP contribution >= 0.6 is 15.2 Å². The highest BCUT2D eigenvalue weighted by Gasteiger charge is 2.39. The molecule has 0 saturated carbocycles. The molecular weight excluding hydrogens is 832 g/mol. The number of aliphatic hydroxyl groups is 1. The van der Waals surface area contributed by atoms with Gasteiger partial charge in [0.15, 0.2) is 0 Å². The normalized spacial score (nSPS) is 18.1. The van der Waals surface area contributed by atoms with Gasteiger partial charge in [-0.15, -0.1) is 5.10 Å². The second kappa shape index (κ2) is 23.4. The number of amides is 2. The average Bonchev–Trinajstić information content (AvgIpc) is 3.85. The number of unbranched alkanes of at least 4 members (excludes halogenated alkanes) is 7. The maximum Gasteiger partial charge on any atom is 0.330 e. The maximum atomic E-state index is 14.0. The number of para-hydroxylation sites is 1. The summed E-state index contributed by atoms with van der Waals surface area (Å²) < 4.78 is 37.0. The number of benzene rings is 2. The molecule has 3 N–H and O–H groups in total. The second-order valence-corrected chi connectivity index (χ2v) is 22.0. The summed E-state index contributed by atoms with van der Waals surface area (Å²) in [7, 11) is -7.35. The summed E-state index contributed by atoms with van der Waals surface area (Å²) in [5, 5.41) is 19.0. The molecule has 2 aliphatic heterocycles. The fourth-order valence-corrected chi connectivity index (χ4v) is 9.49. The van der Waals surface area contributed by atoms with Crippen molar-refractivity contribution in [3.63, 3.8) is 0 Å². The number of aliphatic hydroxyl groups excluding tert-OH is 1. The van der Waals surface area contributed by atoms with Gasteiger partial charge in [0, 0.05) is 49.9 Å². The Kier molecular flexibility index (Phi) is 18.7. The van der Waals surface area contributed by atoms with E-state index < -0.39 is 38.7 Å². The molecule has 5 rings (SSSR count). The molecule has 62 heavy (non-hydrogen) atoms. The lowest BCUT2D eigenvalue weighted by Crippen LogP contribution is -2.37. The van der Waals surface area contributed by atoms with Gasteiger partial charge in [-0.3, -0.25) is 23.5 Å². The van der Waals surface area contributed by atoms with Crippen molar-refractivity contribution < 1.29 is 47.5 Å². The van der Waals surface area contributed by atoms with Gasteiger partial charge in [-0.2, -0.15) is 0 Å². The minimum atomic E-state index is -3.79. The van der Waals surface area contributed by atoms with Crippen LogP contribution in [0.1, 0.15) is 130 Å². The topological polar surface area (TPSA) is 202 Å². The van der Waals surface area contributed by atoms with E-state index in [1.165, 1.54) is 0 Å². The van der Waals surface area contributed by atoms with Crippen LogP contribution in [0, 0.1) is 0 Å². The Morgan fingerprint density at radius 1 is 0.758 bits per heavy atom. The fourth-order valence-electron chi connectivity index (χ4n) is 7.97. The van der Waals surface area contributed by atoms with E-state index in [4.69, 9.17) is 9.05 Å². The largest absolute Gasteiger partial charge is 0.394 e. The Labute approximate surface area is 366 Å². The van der Waals surface area contributed by atoms with Gasteiger partial charge in [0.2, 0.25) is 11.8 Å². The van der Waals surface area contributed by atoms with Gasteiger partial charge in [0.1, 0.15) is 11.5 Å². The van der Waals surface area contributed by atoms with Crippen molar-refractivity contribution in [3.8, 4) is 22.5 Å². The van der Waals surface area contributed by atoms with E-state index >= 15 is 0 Å². The van der Waals surface area contributed by atoms with Crippen molar-refractivity contribution in [2.75, 3.05) is 24.7 Å². The zero-order valence-corrected chi connectivity index (χ0v) is 38.7. The number of rotatable bonds is 25. The summed E-state index contributed by atoms with van der Waals surface area (Å²) in [6.07, 6.45) is 8.69. The third-order valence-electron chi connectivity index (χ3n) is 11.8. The molecule has 342 valence electrons. The molecular formula is C45H67N5O10P2. The van der Waals surface area contributed by atoms with Gasteiger partial charge >= 0.3 is 15.2 Å². The van der Waals surface area contributed by atoms with Crippen LogP contribution in [0.3, 0.4) is 0 Å². The van der Waals surface area contributed by atoms with E-state index in [0.29, 0.717) is 76.6 Å². The van der Waals surface area contributed by atoms with Crippen LogP contribution in [0.15, 0.2) is 48.5 Å². The number of ketones is 1. The third-order valence-corrected chi connectivity index (χ3v) is 15.6. The number of Topliss-reactive ketones (excluding diaryl/α,β-unsaturated/α-hetero) is 1. The first-order valence-corrected chi connectivity index (χ1v) is 25.7. The van der Waals surface area contributed by atoms with Crippen LogP contribution < -0.4 is 4.90 Å². The molecule has 17 heteroatoms. The number of anilines is 1. The molecule has 2 aromatic carbocycles. The number of aromatic nitrogens is 3. The second-order valence-electron chi connectivity index (χ2n) is 17.2. The van der Waals surface area contributed by atoms with Crippen molar-refractivity contribution in [1.29, 1.82) is 0 Å². The van der Waals surface area contributed by atoms with Gasteiger partial charge in [-0.05, 0) is 56.6 Å². The molecule has 0 bridgehead atoms. The van der Waals surface area contributed by atoms with Gasteiger partial charge in [0.25, 0.3) is 0 Å². The third kappa shape index (κ3) is 13.5. The Hall–Kier alpha value is -3.55. The molecule has 4 atom stereocenters. The molecule has 0 aliphatic carbocycles. The number of likely N-dealkylation sites (tertiary alicyclic amines) is 1. The van der Waals surface area contributed by atoms with E-state index in [1.54, 1.807) is 32.6 Å². The number of fused-ring (bicyclic) bond motifs is 5. The standard InChI is InChI=1S/C45H67N5O10P2/c1-33(2)61(55,56)59-28-18-8-7-17-27-50-45-39-22-13-11-19-35(39)30-49(41-24-15-14-23-40(41)44(45)46-47-50)43(54)26-16-12-21-37(52)20-9-5-6-10-25-42(53)48-31-38(29-36(48)32-51)60-62(57,58)34(3)4/h11,13-15,19,22-24,33-34,36,38,51H,5-10,12,16-18,20-21,25-32H2,1-4H3,(H,55,56)(H,57,58)/t36-,38+/m0/s1. The van der Waals surface area contributed by atoms with E-state index in [1.807, 2.05) is 52.0 Å². The van der Waals surface area contributed by atoms with Crippen LogP contribution in [0.5, 0.6) is 0 Å². The Bertz CT molecular complexity index is 2060. The predicted molar refractivity (Wildman–Crippen MR) is 240 cm³/mol. The van der Waals surface area contributed by atoms with Gasteiger partial charge in [-0.25, -0.2) is 4.68 Å². The van der Waals surface area contributed by atoms with E-state index in [0.717, 1.165) is 66.6 Å². The van der Waals surface area contributed by atoms with Crippen LogP contribution in [-0.2, 0) is 45.7 Å². The first kappa shape index (κ1) is 49.5. The van der Waals surface area contributed by atoms with Crippen molar-refractivity contribution in [1.82, 2.24) is 19.9 Å². The van der Waals surface area contributed by atoms with Crippen molar-refractivity contribution in [2.24, 2.45) is 0 Å². The molecule has 3 heterocycles.